The lowest BCUT2D eigenvalue weighted by molar-refractivity contribution is -0.131. The number of likely N-dealkylation sites (N-methyl/N-ethyl adjacent to an activating group) is 1. The second kappa shape index (κ2) is 6.72. The average Bonchev–Trinajstić information content (AvgIpc) is 2.77. The molecule has 1 heterocycles. The molecule has 3 amide bonds. The maximum atomic E-state index is 11.8. The molecular formula is C11H20N6O2. The van der Waals surface area contributed by atoms with Crippen LogP contribution in [0.2, 0.25) is 0 Å². The quantitative estimate of drug-likeness (QED) is 0.829. The molecule has 0 saturated heterocycles. The van der Waals surface area contributed by atoms with E-state index >= 15 is 0 Å². The van der Waals surface area contributed by atoms with E-state index in [1.807, 2.05) is 13.8 Å². The molecule has 0 spiro atoms. The highest BCUT2D eigenvalue weighted by Crippen LogP contribution is 2.01. The lowest BCUT2D eigenvalue weighted by atomic mass is 10.4. The summed E-state index contributed by atoms with van der Waals surface area (Å²) in [5.74, 6) is 0.275. The van der Waals surface area contributed by atoms with Gasteiger partial charge in [0.25, 0.3) is 0 Å². The molecule has 106 valence electrons. The van der Waals surface area contributed by atoms with Gasteiger partial charge in [-0.25, -0.2) is 4.79 Å². The molecule has 0 bridgehead atoms. The lowest BCUT2D eigenvalue weighted by Gasteiger charge is -2.17. The molecule has 0 aromatic carbocycles. The summed E-state index contributed by atoms with van der Waals surface area (Å²) in [6, 6.07) is -0.290. The van der Waals surface area contributed by atoms with Crippen molar-refractivity contribution in [3.05, 3.63) is 6.20 Å². The normalized spacial score (nSPS) is 10.1. The van der Waals surface area contributed by atoms with E-state index in [9.17, 15) is 9.59 Å². The first-order valence-electron chi connectivity index (χ1n) is 6.14. The summed E-state index contributed by atoms with van der Waals surface area (Å²) < 4.78 is 0. The molecule has 1 aromatic heterocycles. The molecule has 1 aromatic rings. The van der Waals surface area contributed by atoms with Crippen molar-refractivity contribution in [3.63, 3.8) is 0 Å². The summed E-state index contributed by atoms with van der Waals surface area (Å²) in [4.78, 5) is 27.6. The van der Waals surface area contributed by atoms with Crippen LogP contribution in [0.5, 0.6) is 0 Å². The average molecular weight is 268 g/mol. The summed E-state index contributed by atoms with van der Waals surface area (Å²) in [7, 11) is 3.26. The summed E-state index contributed by atoms with van der Waals surface area (Å²) >= 11 is 0. The standard InChI is InChI=1S/C11H20N6O2/c1-5-16(6-2)10(18)8-17-12-7-9(14-17)13-11(19)15(3)4/h7H,5-6,8H2,1-4H3,(H,13,14,19). The Kier molecular flexibility index (Phi) is 5.28. The van der Waals surface area contributed by atoms with Gasteiger partial charge in [0.1, 0.15) is 6.54 Å². The van der Waals surface area contributed by atoms with Gasteiger partial charge >= 0.3 is 6.03 Å². The maximum Gasteiger partial charge on any atom is 0.322 e. The van der Waals surface area contributed by atoms with Crippen LogP contribution in [0, 0.1) is 0 Å². The minimum absolute atomic E-state index is 0.0499. The van der Waals surface area contributed by atoms with Crippen LogP contribution < -0.4 is 5.32 Å². The molecule has 0 aliphatic heterocycles. The zero-order valence-corrected chi connectivity index (χ0v) is 11.8. The number of hydrogen-bond donors (Lipinski definition) is 1. The Balaban J connectivity index is 2.60. The number of urea groups is 1. The number of aromatic nitrogens is 3. The number of nitrogens with one attached hydrogen (secondary N) is 1. The van der Waals surface area contributed by atoms with Gasteiger partial charge in [0, 0.05) is 27.2 Å². The minimum atomic E-state index is -0.290. The van der Waals surface area contributed by atoms with Crippen molar-refractivity contribution in [2.24, 2.45) is 0 Å². The zero-order chi connectivity index (χ0) is 14.4. The van der Waals surface area contributed by atoms with Gasteiger partial charge in [-0.3, -0.25) is 10.1 Å². The Labute approximate surface area is 112 Å². The summed E-state index contributed by atoms with van der Waals surface area (Å²) in [6.45, 7) is 5.21. The Bertz CT molecular complexity index is 438. The fourth-order valence-electron chi connectivity index (χ4n) is 1.45. The number of amides is 3. The number of carbonyl (C=O) groups excluding carboxylic acids is 2. The third-order valence-electron chi connectivity index (χ3n) is 2.57. The van der Waals surface area contributed by atoms with E-state index in [0.29, 0.717) is 18.9 Å². The van der Waals surface area contributed by atoms with Gasteiger partial charge < -0.3 is 9.80 Å². The topological polar surface area (TPSA) is 83.4 Å². The first-order valence-corrected chi connectivity index (χ1v) is 6.14. The Morgan fingerprint density at radius 3 is 2.47 bits per heavy atom. The first kappa shape index (κ1) is 14.9. The summed E-state index contributed by atoms with van der Waals surface area (Å²) in [5.41, 5.74) is 0. The van der Waals surface area contributed by atoms with E-state index in [1.54, 1.807) is 19.0 Å². The van der Waals surface area contributed by atoms with Crippen LogP contribution in [0.25, 0.3) is 0 Å². The zero-order valence-electron chi connectivity index (χ0n) is 11.8. The van der Waals surface area contributed by atoms with Gasteiger partial charge in [0.05, 0.1) is 6.20 Å². The van der Waals surface area contributed by atoms with Gasteiger partial charge in [-0.1, -0.05) is 0 Å². The molecule has 0 aliphatic carbocycles. The van der Waals surface area contributed by atoms with Gasteiger partial charge in [0.2, 0.25) is 5.91 Å². The van der Waals surface area contributed by atoms with Gasteiger partial charge in [-0.2, -0.15) is 9.90 Å². The molecule has 0 aliphatic rings. The van der Waals surface area contributed by atoms with Crippen LogP contribution in [0.4, 0.5) is 10.6 Å². The molecule has 0 saturated carbocycles. The van der Waals surface area contributed by atoms with Crippen LogP contribution in [0.3, 0.4) is 0 Å². The molecule has 0 radical (unpaired) electrons. The van der Waals surface area contributed by atoms with Crippen LogP contribution in [0.1, 0.15) is 13.8 Å². The summed E-state index contributed by atoms with van der Waals surface area (Å²) in [5, 5.41) is 10.5. The van der Waals surface area contributed by atoms with Crippen molar-refractivity contribution < 1.29 is 9.59 Å². The van der Waals surface area contributed by atoms with E-state index in [4.69, 9.17) is 0 Å². The predicted molar refractivity (Wildman–Crippen MR) is 70.7 cm³/mol. The fourth-order valence-corrected chi connectivity index (χ4v) is 1.45. The molecule has 0 unspecified atom stereocenters. The fraction of sp³-hybridized carbons (Fsp3) is 0.636. The molecule has 1 N–H and O–H groups in total. The smallest absolute Gasteiger partial charge is 0.322 e. The van der Waals surface area contributed by atoms with E-state index in [2.05, 4.69) is 15.5 Å². The highest BCUT2D eigenvalue weighted by atomic mass is 16.2. The van der Waals surface area contributed by atoms with E-state index in [0.717, 1.165) is 0 Å². The Morgan fingerprint density at radius 2 is 1.95 bits per heavy atom. The molecule has 1 rings (SSSR count). The minimum Gasteiger partial charge on any atom is -0.342 e. The lowest BCUT2D eigenvalue weighted by Crippen LogP contribution is -2.34. The Hall–Kier alpha value is -2.12. The van der Waals surface area contributed by atoms with E-state index in [1.165, 1.54) is 15.9 Å². The molecular weight excluding hydrogens is 248 g/mol. The predicted octanol–water partition coefficient (Wildman–Crippen LogP) is 0.240. The third-order valence-corrected chi connectivity index (χ3v) is 2.57. The van der Waals surface area contributed by atoms with Gasteiger partial charge in [0.15, 0.2) is 5.82 Å². The van der Waals surface area contributed by atoms with Crippen LogP contribution in [0.15, 0.2) is 6.20 Å². The van der Waals surface area contributed by atoms with Crippen LogP contribution in [-0.2, 0) is 11.3 Å². The number of nitrogens with zero attached hydrogens (tertiary/aromatic N) is 5. The summed E-state index contributed by atoms with van der Waals surface area (Å²) in [6.07, 6.45) is 1.41. The number of carbonyl (C=O) groups is 2. The highest BCUT2D eigenvalue weighted by molar-refractivity contribution is 5.87. The number of hydrogen-bond acceptors (Lipinski definition) is 4. The van der Waals surface area contributed by atoms with Gasteiger partial charge in [-0.05, 0) is 13.8 Å². The second-order valence-electron chi connectivity index (χ2n) is 4.15. The molecule has 19 heavy (non-hydrogen) atoms. The molecule has 0 fully saturated rings. The van der Waals surface area contributed by atoms with Crippen molar-refractivity contribution in [2.75, 3.05) is 32.5 Å². The van der Waals surface area contributed by atoms with Gasteiger partial charge in [-0.15, -0.1) is 5.10 Å². The highest BCUT2D eigenvalue weighted by Gasteiger charge is 2.13. The monoisotopic (exact) mass is 268 g/mol. The third kappa shape index (κ3) is 4.23. The van der Waals surface area contributed by atoms with Crippen LogP contribution in [-0.4, -0.2) is 63.9 Å². The second-order valence-corrected chi connectivity index (χ2v) is 4.15. The molecule has 8 heteroatoms. The first-order chi connectivity index (χ1) is 8.97. The van der Waals surface area contributed by atoms with E-state index < -0.39 is 0 Å². The number of anilines is 1. The van der Waals surface area contributed by atoms with Crippen molar-refractivity contribution >= 4 is 17.8 Å². The SMILES string of the molecule is CCN(CC)C(=O)Cn1ncc(NC(=O)N(C)C)n1. The van der Waals surface area contributed by atoms with E-state index in [-0.39, 0.29) is 18.5 Å². The van der Waals surface area contributed by atoms with Crippen molar-refractivity contribution in [1.29, 1.82) is 0 Å². The van der Waals surface area contributed by atoms with Crippen molar-refractivity contribution in [3.8, 4) is 0 Å². The van der Waals surface area contributed by atoms with Crippen molar-refractivity contribution in [1.82, 2.24) is 24.8 Å². The molecule has 8 nitrogen and oxygen atoms in total. The van der Waals surface area contributed by atoms with Crippen LogP contribution >= 0.6 is 0 Å². The Morgan fingerprint density at radius 1 is 1.32 bits per heavy atom. The largest absolute Gasteiger partial charge is 0.342 e. The molecule has 0 atom stereocenters. The van der Waals surface area contributed by atoms with Crippen molar-refractivity contribution in [2.45, 2.75) is 20.4 Å². The maximum absolute atomic E-state index is 11.8. The number of rotatable bonds is 5.